The van der Waals surface area contributed by atoms with E-state index in [1.54, 1.807) is 7.11 Å². The number of aromatic nitrogens is 1. The van der Waals surface area contributed by atoms with E-state index in [0.717, 1.165) is 13.0 Å². The molecule has 0 atom stereocenters. The van der Waals surface area contributed by atoms with Gasteiger partial charge >= 0.3 is 5.97 Å². The zero-order valence-corrected chi connectivity index (χ0v) is 10.6. The highest BCUT2D eigenvalue weighted by Crippen LogP contribution is 2.17. The van der Waals surface area contributed by atoms with E-state index in [4.69, 9.17) is 21.4 Å². The van der Waals surface area contributed by atoms with Gasteiger partial charge in [0, 0.05) is 27.3 Å². The van der Waals surface area contributed by atoms with Crippen molar-refractivity contribution in [2.24, 2.45) is 0 Å². The van der Waals surface area contributed by atoms with Crippen LogP contribution in [0, 0.1) is 0 Å². The molecule has 0 amide bonds. The number of methoxy groups -OCH3 is 1. The van der Waals surface area contributed by atoms with Crippen LogP contribution in [0.5, 0.6) is 0 Å². The summed E-state index contributed by atoms with van der Waals surface area (Å²) in [6.07, 6.45) is 0.837. The number of hydrogen-bond donors (Lipinski definition) is 1. The maximum atomic E-state index is 10.9. The van der Waals surface area contributed by atoms with E-state index in [2.05, 4.69) is 4.98 Å². The van der Waals surface area contributed by atoms with Crippen LogP contribution in [0.1, 0.15) is 16.8 Å². The lowest BCUT2D eigenvalue weighted by atomic mass is 10.2. The molecule has 1 aromatic rings. The lowest BCUT2D eigenvalue weighted by Gasteiger charge is -2.18. The van der Waals surface area contributed by atoms with E-state index in [9.17, 15) is 4.79 Å². The highest BCUT2D eigenvalue weighted by molar-refractivity contribution is 6.29. The number of hydrogen-bond acceptors (Lipinski definition) is 4. The van der Waals surface area contributed by atoms with Gasteiger partial charge in [0.2, 0.25) is 0 Å². The summed E-state index contributed by atoms with van der Waals surface area (Å²) in [5.41, 5.74) is 0.138. The summed E-state index contributed by atoms with van der Waals surface area (Å²) < 4.78 is 4.95. The Balaban J connectivity index is 2.78. The van der Waals surface area contributed by atoms with Crippen LogP contribution in [0.2, 0.25) is 5.15 Å². The Morgan fingerprint density at radius 1 is 1.59 bits per heavy atom. The largest absolute Gasteiger partial charge is 0.478 e. The number of halogens is 1. The van der Waals surface area contributed by atoms with Crippen molar-refractivity contribution in [3.63, 3.8) is 0 Å². The van der Waals surface area contributed by atoms with Gasteiger partial charge in [-0.2, -0.15) is 0 Å². The second-order valence-electron chi connectivity index (χ2n) is 3.61. The molecule has 0 unspecified atom stereocenters. The minimum Gasteiger partial charge on any atom is -0.478 e. The third kappa shape index (κ3) is 4.20. The van der Waals surface area contributed by atoms with Crippen LogP contribution in [0.15, 0.2) is 12.1 Å². The van der Waals surface area contributed by atoms with Crippen molar-refractivity contribution in [2.45, 2.75) is 6.42 Å². The highest BCUT2D eigenvalue weighted by Gasteiger charge is 2.10. The predicted octanol–water partition coefficient (Wildman–Crippen LogP) is 1.91. The van der Waals surface area contributed by atoms with Crippen molar-refractivity contribution in [1.29, 1.82) is 0 Å². The van der Waals surface area contributed by atoms with Crippen molar-refractivity contribution >= 4 is 23.4 Å². The van der Waals surface area contributed by atoms with Crippen LogP contribution in [-0.2, 0) is 4.74 Å². The number of carboxylic acids is 1. The lowest BCUT2D eigenvalue weighted by molar-refractivity contribution is 0.0697. The molecule has 1 aromatic heterocycles. The second-order valence-corrected chi connectivity index (χ2v) is 4.00. The molecule has 0 radical (unpaired) electrons. The molecule has 94 valence electrons. The van der Waals surface area contributed by atoms with Crippen LogP contribution < -0.4 is 4.90 Å². The molecule has 5 nitrogen and oxygen atoms in total. The standard InChI is InChI=1S/C11H15ClN2O3/c1-14(4-3-5-17-2)10-7-8(11(15)16)6-9(12)13-10/h6-7H,3-5H2,1-2H3,(H,15,16). The van der Waals surface area contributed by atoms with Gasteiger partial charge in [-0.3, -0.25) is 0 Å². The van der Waals surface area contributed by atoms with E-state index in [1.807, 2.05) is 11.9 Å². The van der Waals surface area contributed by atoms with Gasteiger partial charge in [0.05, 0.1) is 5.56 Å². The number of anilines is 1. The molecule has 0 aliphatic carbocycles. The maximum absolute atomic E-state index is 10.9. The van der Waals surface area contributed by atoms with E-state index in [1.165, 1.54) is 12.1 Å². The smallest absolute Gasteiger partial charge is 0.335 e. The first-order chi connectivity index (χ1) is 8.04. The first kappa shape index (κ1) is 13.7. The number of rotatable bonds is 6. The molecule has 0 aliphatic rings. The molecule has 0 spiro atoms. The molecule has 1 rings (SSSR count). The van der Waals surface area contributed by atoms with Gasteiger partial charge in [0.25, 0.3) is 0 Å². The minimum atomic E-state index is -1.01. The van der Waals surface area contributed by atoms with E-state index < -0.39 is 5.97 Å². The average molecular weight is 259 g/mol. The van der Waals surface area contributed by atoms with Crippen LogP contribution in [0.25, 0.3) is 0 Å². The number of aromatic carboxylic acids is 1. The summed E-state index contributed by atoms with van der Waals surface area (Å²) in [6.45, 7) is 1.37. The molecule has 0 fully saturated rings. The quantitative estimate of drug-likeness (QED) is 0.624. The summed E-state index contributed by atoms with van der Waals surface area (Å²) in [4.78, 5) is 16.8. The summed E-state index contributed by atoms with van der Waals surface area (Å²) in [5, 5.41) is 9.08. The van der Waals surface area contributed by atoms with Crippen molar-refractivity contribution in [2.75, 3.05) is 32.2 Å². The Morgan fingerprint density at radius 2 is 2.29 bits per heavy atom. The van der Waals surface area contributed by atoms with Gasteiger partial charge in [-0.05, 0) is 18.6 Å². The summed E-state index contributed by atoms with van der Waals surface area (Å²) in [7, 11) is 3.47. The summed E-state index contributed by atoms with van der Waals surface area (Å²) in [5.74, 6) is -0.466. The van der Waals surface area contributed by atoms with E-state index in [-0.39, 0.29) is 10.7 Å². The van der Waals surface area contributed by atoms with Crippen molar-refractivity contribution < 1.29 is 14.6 Å². The van der Waals surface area contributed by atoms with Gasteiger partial charge in [-0.1, -0.05) is 11.6 Å². The van der Waals surface area contributed by atoms with Crippen molar-refractivity contribution in [3.8, 4) is 0 Å². The first-order valence-corrected chi connectivity index (χ1v) is 5.53. The molecule has 1 heterocycles. The molecule has 0 aromatic carbocycles. The van der Waals surface area contributed by atoms with Crippen LogP contribution >= 0.6 is 11.6 Å². The molecular formula is C11H15ClN2O3. The van der Waals surface area contributed by atoms with Crippen molar-refractivity contribution in [3.05, 3.63) is 22.8 Å². The zero-order chi connectivity index (χ0) is 12.8. The summed E-state index contributed by atoms with van der Waals surface area (Å²) in [6, 6.07) is 2.83. The Hall–Kier alpha value is -1.33. The molecule has 1 N–H and O–H groups in total. The molecule has 0 saturated carbocycles. The van der Waals surface area contributed by atoms with Crippen LogP contribution in [-0.4, -0.2) is 43.4 Å². The Morgan fingerprint density at radius 3 is 2.88 bits per heavy atom. The molecule has 0 saturated heterocycles. The lowest BCUT2D eigenvalue weighted by Crippen LogP contribution is -2.21. The molecule has 0 bridgehead atoms. The third-order valence-corrected chi connectivity index (χ3v) is 2.45. The highest BCUT2D eigenvalue weighted by atomic mass is 35.5. The number of pyridine rings is 1. The van der Waals surface area contributed by atoms with Gasteiger partial charge in [0.15, 0.2) is 0 Å². The topological polar surface area (TPSA) is 62.7 Å². The van der Waals surface area contributed by atoms with Gasteiger partial charge in [-0.15, -0.1) is 0 Å². The fraction of sp³-hybridized carbons (Fsp3) is 0.455. The van der Waals surface area contributed by atoms with E-state index in [0.29, 0.717) is 12.4 Å². The van der Waals surface area contributed by atoms with Crippen LogP contribution in [0.3, 0.4) is 0 Å². The molecular weight excluding hydrogens is 244 g/mol. The number of nitrogens with zero attached hydrogens (tertiary/aromatic N) is 2. The normalized spacial score (nSPS) is 10.3. The Bertz CT molecular complexity index is 398. The molecule has 6 heteroatoms. The Labute approximate surface area is 105 Å². The second kappa shape index (κ2) is 6.42. The average Bonchev–Trinajstić information content (AvgIpc) is 2.28. The zero-order valence-electron chi connectivity index (χ0n) is 9.81. The van der Waals surface area contributed by atoms with Gasteiger partial charge in [-0.25, -0.2) is 9.78 Å². The monoisotopic (exact) mass is 258 g/mol. The number of carbonyl (C=O) groups is 1. The third-order valence-electron chi connectivity index (χ3n) is 2.26. The number of carboxylic acid groups (broad SMARTS) is 1. The van der Waals surface area contributed by atoms with E-state index >= 15 is 0 Å². The molecule has 17 heavy (non-hydrogen) atoms. The SMILES string of the molecule is COCCCN(C)c1cc(C(=O)O)cc(Cl)n1. The van der Waals surface area contributed by atoms with Gasteiger partial charge in [0.1, 0.15) is 11.0 Å². The van der Waals surface area contributed by atoms with Crippen LogP contribution in [0.4, 0.5) is 5.82 Å². The fourth-order valence-corrected chi connectivity index (χ4v) is 1.57. The molecule has 0 aliphatic heterocycles. The minimum absolute atomic E-state index is 0.138. The Kier molecular flexibility index (Phi) is 5.18. The fourth-order valence-electron chi connectivity index (χ4n) is 1.36. The van der Waals surface area contributed by atoms with Crippen molar-refractivity contribution in [1.82, 2.24) is 4.98 Å². The predicted molar refractivity (Wildman–Crippen MR) is 66.0 cm³/mol. The van der Waals surface area contributed by atoms with Gasteiger partial charge < -0.3 is 14.7 Å². The maximum Gasteiger partial charge on any atom is 0.335 e. The number of ether oxygens (including phenoxy) is 1. The first-order valence-electron chi connectivity index (χ1n) is 5.15. The summed E-state index contributed by atoms with van der Waals surface area (Å²) >= 11 is 5.77.